The monoisotopic (exact) mass is 232 g/mol. The summed E-state index contributed by atoms with van der Waals surface area (Å²) in [5.41, 5.74) is 7.34. The van der Waals surface area contributed by atoms with Crippen molar-refractivity contribution in [2.75, 3.05) is 13.7 Å². The molecule has 0 fully saturated rings. The van der Waals surface area contributed by atoms with Crippen LogP contribution in [0.2, 0.25) is 0 Å². The summed E-state index contributed by atoms with van der Waals surface area (Å²) in [4.78, 5) is 11.0. The van der Waals surface area contributed by atoms with Crippen LogP contribution in [-0.2, 0) is 22.5 Å². The van der Waals surface area contributed by atoms with Gasteiger partial charge in [0.25, 0.3) is 0 Å². The zero-order valence-corrected chi connectivity index (χ0v) is 9.85. The zero-order chi connectivity index (χ0) is 12.3. The van der Waals surface area contributed by atoms with E-state index < -0.39 is 0 Å². The molecule has 2 rings (SSSR count). The van der Waals surface area contributed by atoms with Gasteiger partial charge in [0.2, 0.25) is 5.91 Å². The second kappa shape index (κ2) is 5.01. The van der Waals surface area contributed by atoms with Crippen LogP contribution in [-0.4, -0.2) is 24.2 Å². The molecule has 0 saturated carbocycles. The van der Waals surface area contributed by atoms with Crippen molar-refractivity contribution < 1.29 is 9.53 Å². The molecular formula is C13H16N2O2. The summed E-state index contributed by atoms with van der Waals surface area (Å²) < 4.78 is 7.17. The van der Waals surface area contributed by atoms with Crippen molar-refractivity contribution in [3.05, 3.63) is 36.0 Å². The van der Waals surface area contributed by atoms with Gasteiger partial charge < -0.3 is 15.0 Å². The number of hydrogen-bond donors (Lipinski definition) is 1. The summed E-state index contributed by atoms with van der Waals surface area (Å²) in [5, 5.41) is 1.09. The highest BCUT2D eigenvalue weighted by Crippen LogP contribution is 2.21. The maximum absolute atomic E-state index is 11.0. The fraction of sp³-hybridized carbons (Fsp3) is 0.308. The van der Waals surface area contributed by atoms with E-state index in [1.807, 2.05) is 30.5 Å². The Morgan fingerprint density at radius 1 is 1.41 bits per heavy atom. The van der Waals surface area contributed by atoms with Gasteiger partial charge in [0.05, 0.1) is 13.0 Å². The minimum atomic E-state index is -0.306. The van der Waals surface area contributed by atoms with Crippen LogP contribution in [0.3, 0.4) is 0 Å². The Morgan fingerprint density at radius 2 is 2.18 bits per heavy atom. The van der Waals surface area contributed by atoms with Crippen molar-refractivity contribution in [1.29, 1.82) is 0 Å². The molecule has 0 unspecified atom stereocenters. The first-order chi connectivity index (χ1) is 8.22. The van der Waals surface area contributed by atoms with Crippen molar-refractivity contribution in [2.24, 2.45) is 5.73 Å². The van der Waals surface area contributed by atoms with Gasteiger partial charge >= 0.3 is 0 Å². The van der Waals surface area contributed by atoms with E-state index in [9.17, 15) is 4.79 Å². The number of amides is 1. The second-order valence-corrected chi connectivity index (χ2v) is 4.00. The molecule has 0 bridgehead atoms. The van der Waals surface area contributed by atoms with Gasteiger partial charge in [0.1, 0.15) is 0 Å². The molecule has 2 N–H and O–H groups in total. The van der Waals surface area contributed by atoms with Crippen LogP contribution in [0, 0.1) is 0 Å². The topological polar surface area (TPSA) is 57.2 Å². The van der Waals surface area contributed by atoms with E-state index in [0.29, 0.717) is 6.61 Å². The number of nitrogens with zero attached hydrogens (tertiary/aromatic N) is 1. The number of ether oxygens (including phenoxy) is 1. The van der Waals surface area contributed by atoms with E-state index in [1.165, 1.54) is 0 Å². The molecular weight excluding hydrogens is 216 g/mol. The highest BCUT2D eigenvalue weighted by atomic mass is 16.5. The number of nitrogens with two attached hydrogens (primary N) is 1. The Balaban J connectivity index is 2.42. The quantitative estimate of drug-likeness (QED) is 0.845. The van der Waals surface area contributed by atoms with Crippen molar-refractivity contribution >= 4 is 16.8 Å². The zero-order valence-electron chi connectivity index (χ0n) is 9.85. The number of hydrogen-bond acceptors (Lipinski definition) is 2. The number of para-hydroxylation sites is 1. The van der Waals surface area contributed by atoms with Gasteiger partial charge in [-0.05, 0) is 11.6 Å². The molecule has 0 aliphatic rings. The molecule has 1 heterocycles. The summed E-state index contributed by atoms with van der Waals surface area (Å²) >= 11 is 0. The van der Waals surface area contributed by atoms with Gasteiger partial charge in [-0.15, -0.1) is 0 Å². The first kappa shape index (κ1) is 11.7. The normalized spacial score (nSPS) is 10.9. The van der Waals surface area contributed by atoms with E-state index in [1.54, 1.807) is 7.11 Å². The smallest absolute Gasteiger partial charge is 0.221 e. The molecule has 0 atom stereocenters. The van der Waals surface area contributed by atoms with Crippen LogP contribution in [0.5, 0.6) is 0 Å². The number of methoxy groups -OCH3 is 1. The Labute approximate surface area is 100.0 Å². The standard InChI is InChI=1S/C13H16N2O2/c1-17-7-6-15-9-10(8-13(14)16)11-4-2-3-5-12(11)15/h2-5,9H,6-8H2,1H3,(H2,14,16). The van der Waals surface area contributed by atoms with Gasteiger partial charge in [0.15, 0.2) is 0 Å². The van der Waals surface area contributed by atoms with Crippen LogP contribution >= 0.6 is 0 Å². The Bertz CT molecular complexity index is 531. The number of aromatic nitrogens is 1. The van der Waals surface area contributed by atoms with Crippen molar-refractivity contribution in [3.63, 3.8) is 0 Å². The third-order valence-electron chi connectivity index (χ3n) is 2.77. The summed E-state index contributed by atoms with van der Waals surface area (Å²) in [6, 6.07) is 8.00. The average Bonchev–Trinajstić information content (AvgIpc) is 2.65. The largest absolute Gasteiger partial charge is 0.383 e. The van der Waals surface area contributed by atoms with Crippen molar-refractivity contribution in [3.8, 4) is 0 Å². The lowest BCUT2D eigenvalue weighted by Crippen LogP contribution is -2.13. The van der Waals surface area contributed by atoms with E-state index in [2.05, 4.69) is 4.57 Å². The number of carbonyl (C=O) groups is 1. The molecule has 4 heteroatoms. The Kier molecular flexibility index (Phi) is 3.44. The minimum absolute atomic E-state index is 0.278. The van der Waals surface area contributed by atoms with Crippen LogP contribution in [0.1, 0.15) is 5.56 Å². The van der Waals surface area contributed by atoms with Gasteiger partial charge in [0, 0.05) is 30.8 Å². The highest BCUT2D eigenvalue weighted by Gasteiger charge is 2.09. The SMILES string of the molecule is COCCn1cc(CC(N)=O)c2ccccc21. The van der Waals surface area contributed by atoms with E-state index in [0.717, 1.165) is 23.0 Å². The molecule has 90 valence electrons. The fourth-order valence-electron chi connectivity index (χ4n) is 2.03. The first-order valence-corrected chi connectivity index (χ1v) is 5.56. The van der Waals surface area contributed by atoms with Gasteiger partial charge in [-0.3, -0.25) is 4.79 Å². The van der Waals surface area contributed by atoms with Crippen LogP contribution in [0.15, 0.2) is 30.5 Å². The lowest BCUT2D eigenvalue weighted by molar-refractivity contribution is -0.117. The minimum Gasteiger partial charge on any atom is -0.383 e. The fourth-order valence-corrected chi connectivity index (χ4v) is 2.03. The van der Waals surface area contributed by atoms with Crippen LogP contribution in [0.25, 0.3) is 10.9 Å². The average molecular weight is 232 g/mol. The van der Waals surface area contributed by atoms with Gasteiger partial charge in [-0.2, -0.15) is 0 Å². The molecule has 0 aliphatic carbocycles. The van der Waals surface area contributed by atoms with E-state index in [4.69, 9.17) is 10.5 Å². The molecule has 1 aromatic heterocycles. The number of benzene rings is 1. The number of fused-ring (bicyclic) bond motifs is 1. The number of primary amides is 1. The lowest BCUT2D eigenvalue weighted by atomic mass is 10.1. The maximum atomic E-state index is 11.0. The molecule has 0 saturated heterocycles. The number of carbonyl (C=O) groups excluding carboxylic acids is 1. The summed E-state index contributed by atoms with van der Waals surface area (Å²) in [6.45, 7) is 1.42. The second-order valence-electron chi connectivity index (χ2n) is 4.00. The highest BCUT2D eigenvalue weighted by molar-refractivity contribution is 5.88. The Hall–Kier alpha value is -1.81. The number of rotatable bonds is 5. The predicted molar refractivity (Wildman–Crippen MR) is 66.7 cm³/mol. The van der Waals surface area contributed by atoms with Crippen molar-refractivity contribution in [1.82, 2.24) is 4.57 Å². The van der Waals surface area contributed by atoms with Gasteiger partial charge in [-0.1, -0.05) is 18.2 Å². The lowest BCUT2D eigenvalue weighted by Gasteiger charge is -2.03. The molecule has 0 spiro atoms. The molecule has 4 nitrogen and oxygen atoms in total. The first-order valence-electron chi connectivity index (χ1n) is 5.56. The third kappa shape index (κ3) is 2.47. The molecule has 2 aromatic rings. The van der Waals surface area contributed by atoms with E-state index >= 15 is 0 Å². The molecule has 1 amide bonds. The van der Waals surface area contributed by atoms with Crippen molar-refractivity contribution in [2.45, 2.75) is 13.0 Å². The van der Waals surface area contributed by atoms with Gasteiger partial charge in [-0.25, -0.2) is 0 Å². The molecule has 0 radical (unpaired) electrons. The predicted octanol–water partition coefficient (Wildman–Crippen LogP) is 1.32. The summed E-state index contributed by atoms with van der Waals surface area (Å²) in [6.07, 6.45) is 2.26. The molecule has 17 heavy (non-hydrogen) atoms. The van der Waals surface area contributed by atoms with Crippen LogP contribution in [0.4, 0.5) is 0 Å². The molecule has 1 aromatic carbocycles. The Morgan fingerprint density at radius 3 is 2.88 bits per heavy atom. The van der Waals surface area contributed by atoms with E-state index in [-0.39, 0.29) is 12.3 Å². The third-order valence-corrected chi connectivity index (χ3v) is 2.77. The summed E-state index contributed by atoms with van der Waals surface area (Å²) in [7, 11) is 1.68. The molecule has 0 aliphatic heterocycles. The summed E-state index contributed by atoms with van der Waals surface area (Å²) in [5.74, 6) is -0.306. The maximum Gasteiger partial charge on any atom is 0.221 e. The van der Waals surface area contributed by atoms with Crippen LogP contribution < -0.4 is 5.73 Å².